The molecule has 3 heteroatoms. The van der Waals surface area contributed by atoms with Crippen molar-refractivity contribution < 1.29 is 14.6 Å². The quantitative estimate of drug-likeness (QED) is 0.525. The zero-order valence-corrected chi connectivity index (χ0v) is 11.0. The van der Waals surface area contributed by atoms with Gasteiger partial charge in [0.1, 0.15) is 6.10 Å². The van der Waals surface area contributed by atoms with Crippen LogP contribution in [-0.2, 0) is 9.53 Å². The second-order valence-electron chi connectivity index (χ2n) is 5.04. The minimum Gasteiger partial charge on any atom is -0.460 e. The molecule has 100 valence electrons. The van der Waals surface area contributed by atoms with E-state index in [1.807, 2.05) is 0 Å². The zero-order chi connectivity index (χ0) is 12.5. The Hall–Kier alpha value is -0.570. The summed E-state index contributed by atoms with van der Waals surface area (Å²) in [6.45, 7) is 2.21. The van der Waals surface area contributed by atoms with Crippen LogP contribution in [0.3, 0.4) is 0 Å². The molecule has 1 fully saturated rings. The Bertz CT molecular complexity index is 216. The average Bonchev–Trinajstić information content (AvgIpc) is 2.33. The molecule has 17 heavy (non-hydrogen) atoms. The van der Waals surface area contributed by atoms with Crippen LogP contribution in [0.1, 0.15) is 71.1 Å². The molecule has 0 bridgehead atoms. The van der Waals surface area contributed by atoms with Crippen LogP contribution in [0.4, 0.5) is 0 Å². The van der Waals surface area contributed by atoms with E-state index in [1.165, 1.54) is 32.1 Å². The van der Waals surface area contributed by atoms with Crippen molar-refractivity contribution in [1.82, 2.24) is 0 Å². The number of aliphatic hydroxyl groups is 1. The average molecular weight is 242 g/mol. The number of carbonyl (C=O) groups excluding carboxylic acids is 1. The van der Waals surface area contributed by atoms with Crippen molar-refractivity contribution in [2.45, 2.75) is 83.3 Å². The first kappa shape index (κ1) is 14.5. The van der Waals surface area contributed by atoms with Crippen molar-refractivity contribution in [3.05, 3.63) is 0 Å². The molecular formula is C14H26O3. The Morgan fingerprint density at radius 3 is 2.71 bits per heavy atom. The lowest BCUT2D eigenvalue weighted by atomic mass is 9.99. The summed E-state index contributed by atoms with van der Waals surface area (Å²) < 4.78 is 5.15. The Labute approximate surface area is 105 Å². The first-order chi connectivity index (χ1) is 8.24. The molecule has 1 aliphatic heterocycles. The van der Waals surface area contributed by atoms with E-state index < -0.39 is 6.10 Å². The Kier molecular flexibility index (Phi) is 7.25. The van der Waals surface area contributed by atoms with E-state index in [9.17, 15) is 9.90 Å². The third-order valence-corrected chi connectivity index (χ3v) is 3.43. The summed E-state index contributed by atoms with van der Waals surface area (Å²) in [7, 11) is 0. The van der Waals surface area contributed by atoms with Crippen molar-refractivity contribution in [2.75, 3.05) is 0 Å². The highest BCUT2D eigenvalue weighted by Crippen LogP contribution is 2.20. The maximum atomic E-state index is 11.1. The maximum Gasteiger partial charge on any atom is 0.306 e. The number of rotatable bonds is 8. The number of aliphatic hydroxyl groups excluding tert-OH is 1. The third kappa shape index (κ3) is 6.06. The lowest BCUT2D eigenvalue weighted by molar-refractivity contribution is -0.161. The summed E-state index contributed by atoms with van der Waals surface area (Å²) in [6.07, 6.45) is 9.61. The molecule has 0 aromatic heterocycles. The van der Waals surface area contributed by atoms with Crippen molar-refractivity contribution >= 4 is 5.97 Å². The summed E-state index contributed by atoms with van der Waals surface area (Å²) in [5.41, 5.74) is 0. The zero-order valence-electron chi connectivity index (χ0n) is 11.0. The molecule has 0 aromatic rings. The van der Waals surface area contributed by atoms with Gasteiger partial charge in [-0.3, -0.25) is 4.79 Å². The van der Waals surface area contributed by atoms with Gasteiger partial charge in [-0.2, -0.15) is 0 Å². The van der Waals surface area contributed by atoms with E-state index in [-0.39, 0.29) is 12.1 Å². The fourth-order valence-corrected chi connectivity index (χ4v) is 2.32. The van der Waals surface area contributed by atoms with Crippen LogP contribution in [-0.4, -0.2) is 23.3 Å². The molecule has 1 heterocycles. The molecule has 2 unspecified atom stereocenters. The standard InChI is InChI=1S/C14H26O3/c1-2-3-4-5-6-7-9-12(15)13-10-8-11-14(16)17-13/h12-13,15H,2-11H2,1H3. The number of cyclic esters (lactones) is 1. The number of carbonyl (C=O) groups is 1. The number of esters is 1. The monoisotopic (exact) mass is 242 g/mol. The maximum absolute atomic E-state index is 11.1. The van der Waals surface area contributed by atoms with E-state index in [4.69, 9.17) is 4.74 Å². The van der Waals surface area contributed by atoms with Gasteiger partial charge in [0, 0.05) is 6.42 Å². The van der Waals surface area contributed by atoms with Crippen LogP contribution in [0, 0.1) is 0 Å². The number of hydrogen-bond donors (Lipinski definition) is 1. The van der Waals surface area contributed by atoms with Gasteiger partial charge in [0.2, 0.25) is 0 Å². The first-order valence-electron chi connectivity index (χ1n) is 7.11. The lowest BCUT2D eigenvalue weighted by Crippen LogP contribution is -2.34. The molecule has 1 aliphatic rings. The second kappa shape index (κ2) is 8.51. The van der Waals surface area contributed by atoms with Crippen molar-refractivity contribution in [1.29, 1.82) is 0 Å². The van der Waals surface area contributed by atoms with Gasteiger partial charge in [-0.05, 0) is 19.3 Å². The summed E-state index contributed by atoms with van der Waals surface area (Å²) in [5, 5.41) is 9.92. The fraction of sp³-hybridized carbons (Fsp3) is 0.929. The highest BCUT2D eigenvalue weighted by atomic mass is 16.6. The molecule has 0 amide bonds. The van der Waals surface area contributed by atoms with Crippen LogP contribution in [0.2, 0.25) is 0 Å². The predicted octanol–water partition coefficient (Wildman–Crippen LogP) is 3.19. The van der Waals surface area contributed by atoms with Crippen molar-refractivity contribution in [3.63, 3.8) is 0 Å². The largest absolute Gasteiger partial charge is 0.460 e. The van der Waals surface area contributed by atoms with E-state index >= 15 is 0 Å². The first-order valence-corrected chi connectivity index (χ1v) is 7.11. The second-order valence-corrected chi connectivity index (χ2v) is 5.04. The molecule has 0 spiro atoms. The minimum absolute atomic E-state index is 0.150. The molecule has 1 saturated heterocycles. The van der Waals surface area contributed by atoms with Gasteiger partial charge in [-0.1, -0.05) is 45.4 Å². The van der Waals surface area contributed by atoms with Gasteiger partial charge in [0.15, 0.2) is 0 Å². The molecule has 0 aliphatic carbocycles. The minimum atomic E-state index is -0.453. The Morgan fingerprint density at radius 1 is 1.29 bits per heavy atom. The molecule has 1 rings (SSSR count). The van der Waals surface area contributed by atoms with Gasteiger partial charge in [-0.15, -0.1) is 0 Å². The van der Waals surface area contributed by atoms with Gasteiger partial charge in [-0.25, -0.2) is 0 Å². The SMILES string of the molecule is CCCCCCCCC(O)C1CCCC(=O)O1. The third-order valence-electron chi connectivity index (χ3n) is 3.43. The van der Waals surface area contributed by atoms with E-state index in [0.29, 0.717) is 6.42 Å². The highest BCUT2D eigenvalue weighted by molar-refractivity contribution is 5.70. The summed E-state index contributed by atoms with van der Waals surface area (Å²) in [5.74, 6) is -0.150. The number of unbranched alkanes of at least 4 members (excludes halogenated alkanes) is 5. The molecule has 0 saturated carbocycles. The smallest absolute Gasteiger partial charge is 0.306 e. The van der Waals surface area contributed by atoms with Crippen LogP contribution >= 0.6 is 0 Å². The van der Waals surface area contributed by atoms with E-state index in [0.717, 1.165) is 25.7 Å². The fourth-order valence-electron chi connectivity index (χ4n) is 2.32. The van der Waals surface area contributed by atoms with Gasteiger partial charge in [0.25, 0.3) is 0 Å². The van der Waals surface area contributed by atoms with Gasteiger partial charge < -0.3 is 9.84 Å². The molecule has 3 nitrogen and oxygen atoms in total. The molecule has 0 radical (unpaired) electrons. The molecule has 2 atom stereocenters. The van der Waals surface area contributed by atoms with Crippen molar-refractivity contribution in [3.8, 4) is 0 Å². The predicted molar refractivity (Wildman–Crippen MR) is 67.7 cm³/mol. The molecular weight excluding hydrogens is 216 g/mol. The Balaban J connectivity index is 2.03. The van der Waals surface area contributed by atoms with E-state index in [1.54, 1.807) is 0 Å². The normalized spacial score (nSPS) is 22.2. The van der Waals surface area contributed by atoms with E-state index in [2.05, 4.69) is 6.92 Å². The van der Waals surface area contributed by atoms with Gasteiger partial charge >= 0.3 is 5.97 Å². The number of hydrogen-bond acceptors (Lipinski definition) is 3. The van der Waals surface area contributed by atoms with Crippen LogP contribution in [0.5, 0.6) is 0 Å². The van der Waals surface area contributed by atoms with Crippen LogP contribution in [0.15, 0.2) is 0 Å². The summed E-state index contributed by atoms with van der Waals surface area (Å²) in [6, 6.07) is 0. The van der Waals surface area contributed by atoms with Crippen LogP contribution in [0.25, 0.3) is 0 Å². The topological polar surface area (TPSA) is 46.5 Å². The summed E-state index contributed by atoms with van der Waals surface area (Å²) in [4.78, 5) is 11.1. The molecule has 1 N–H and O–H groups in total. The van der Waals surface area contributed by atoms with Crippen LogP contribution < -0.4 is 0 Å². The van der Waals surface area contributed by atoms with Gasteiger partial charge in [0.05, 0.1) is 6.10 Å². The lowest BCUT2D eigenvalue weighted by Gasteiger charge is -2.26. The Morgan fingerprint density at radius 2 is 2.00 bits per heavy atom. The molecule has 0 aromatic carbocycles. The van der Waals surface area contributed by atoms with Crippen molar-refractivity contribution in [2.24, 2.45) is 0 Å². The number of ether oxygens (including phenoxy) is 1. The summed E-state index contributed by atoms with van der Waals surface area (Å²) >= 11 is 0. The highest BCUT2D eigenvalue weighted by Gasteiger charge is 2.26.